The SMILES string of the molecule is C#CCOCCOCCCCC(CCC(=O)NCCOCCOCC#C)(CCC(=O)NCCOCCOCC#C)NC=O. The van der Waals surface area contributed by atoms with Gasteiger partial charge in [0.25, 0.3) is 0 Å². The zero-order valence-electron chi connectivity index (χ0n) is 25.3. The molecule has 12 nitrogen and oxygen atoms in total. The quantitative estimate of drug-likeness (QED) is 0.0581. The van der Waals surface area contributed by atoms with E-state index in [4.69, 9.17) is 47.7 Å². The number of carbonyl (C=O) groups excluding carboxylic acids is 3. The zero-order chi connectivity index (χ0) is 31.7. The van der Waals surface area contributed by atoms with Crippen LogP contribution in [0, 0.1) is 37.0 Å². The molecule has 242 valence electrons. The summed E-state index contributed by atoms with van der Waals surface area (Å²) in [5, 5.41) is 8.54. The Morgan fingerprint density at radius 3 is 1.42 bits per heavy atom. The lowest BCUT2D eigenvalue weighted by atomic mass is 9.83. The molecule has 0 atom stereocenters. The van der Waals surface area contributed by atoms with E-state index in [0.717, 1.165) is 12.8 Å². The molecule has 43 heavy (non-hydrogen) atoms. The molecule has 0 heterocycles. The van der Waals surface area contributed by atoms with Crippen molar-refractivity contribution in [3.63, 3.8) is 0 Å². The van der Waals surface area contributed by atoms with Gasteiger partial charge in [-0.25, -0.2) is 0 Å². The van der Waals surface area contributed by atoms with E-state index in [2.05, 4.69) is 33.7 Å². The normalized spacial score (nSPS) is 10.7. The van der Waals surface area contributed by atoms with E-state index in [-0.39, 0.29) is 44.5 Å². The highest BCUT2D eigenvalue weighted by atomic mass is 16.5. The Bertz CT molecular complexity index is 803. The number of hydrogen-bond donors (Lipinski definition) is 3. The molecule has 0 spiro atoms. The maximum Gasteiger partial charge on any atom is 0.220 e. The monoisotopic (exact) mass is 607 g/mol. The van der Waals surface area contributed by atoms with Gasteiger partial charge in [0.2, 0.25) is 18.2 Å². The summed E-state index contributed by atoms with van der Waals surface area (Å²) in [6.07, 6.45) is 19.1. The fourth-order valence-electron chi connectivity index (χ4n) is 3.84. The maximum atomic E-state index is 12.5. The summed E-state index contributed by atoms with van der Waals surface area (Å²) >= 11 is 0. The summed E-state index contributed by atoms with van der Waals surface area (Å²) in [6.45, 7) is 4.92. The van der Waals surface area contributed by atoms with Crippen LogP contribution in [-0.4, -0.2) is 116 Å². The first-order valence-electron chi connectivity index (χ1n) is 14.5. The molecule has 0 aliphatic carbocycles. The average molecular weight is 608 g/mol. The maximum absolute atomic E-state index is 12.5. The van der Waals surface area contributed by atoms with Crippen LogP contribution in [0.25, 0.3) is 0 Å². The molecule has 0 aromatic carbocycles. The highest BCUT2D eigenvalue weighted by Gasteiger charge is 2.30. The predicted molar refractivity (Wildman–Crippen MR) is 162 cm³/mol. The van der Waals surface area contributed by atoms with E-state index in [1.807, 2.05) is 0 Å². The average Bonchev–Trinajstić information content (AvgIpc) is 3.00. The number of nitrogens with one attached hydrogen (secondary N) is 3. The largest absolute Gasteiger partial charge is 0.379 e. The van der Waals surface area contributed by atoms with Gasteiger partial charge in [-0.15, -0.1) is 19.3 Å². The summed E-state index contributed by atoms with van der Waals surface area (Å²) in [5.74, 6) is 6.79. The fourth-order valence-corrected chi connectivity index (χ4v) is 3.84. The van der Waals surface area contributed by atoms with Gasteiger partial charge in [-0.1, -0.05) is 17.8 Å². The van der Waals surface area contributed by atoms with E-state index < -0.39 is 5.54 Å². The van der Waals surface area contributed by atoms with Crippen molar-refractivity contribution in [3.8, 4) is 37.0 Å². The van der Waals surface area contributed by atoms with Gasteiger partial charge in [0.15, 0.2) is 0 Å². The van der Waals surface area contributed by atoms with Crippen LogP contribution in [0.4, 0.5) is 0 Å². The van der Waals surface area contributed by atoms with Crippen molar-refractivity contribution < 1.29 is 42.8 Å². The van der Waals surface area contributed by atoms with Crippen LogP contribution in [0.3, 0.4) is 0 Å². The second-order valence-corrected chi connectivity index (χ2v) is 9.31. The van der Waals surface area contributed by atoms with Crippen molar-refractivity contribution in [1.29, 1.82) is 0 Å². The molecule has 0 aliphatic heterocycles. The molecular weight excluding hydrogens is 558 g/mol. The molecule has 0 bridgehead atoms. The van der Waals surface area contributed by atoms with Gasteiger partial charge < -0.3 is 44.4 Å². The van der Waals surface area contributed by atoms with Crippen molar-refractivity contribution in [2.24, 2.45) is 0 Å². The molecule has 3 amide bonds. The highest BCUT2D eigenvalue weighted by molar-refractivity contribution is 5.76. The van der Waals surface area contributed by atoms with Gasteiger partial charge in [0.1, 0.15) is 19.8 Å². The Morgan fingerprint density at radius 1 is 0.581 bits per heavy atom. The van der Waals surface area contributed by atoms with Gasteiger partial charge in [-0.3, -0.25) is 14.4 Å². The van der Waals surface area contributed by atoms with E-state index in [1.54, 1.807) is 0 Å². The van der Waals surface area contributed by atoms with Gasteiger partial charge in [-0.05, 0) is 32.1 Å². The number of ether oxygens (including phenoxy) is 6. The van der Waals surface area contributed by atoms with Crippen LogP contribution in [0.2, 0.25) is 0 Å². The first kappa shape index (κ1) is 39.8. The van der Waals surface area contributed by atoms with Crippen molar-refractivity contribution in [2.75, 3.05) is 92.4 Å². The third kappa shape index (κ3) is 26.2. The molecule has 0 saturated heterocycles. The van der Waals surface area contributed by atoms with Crippen molar-refractivity contribution in [3.05, 3.63) is 0 Å². The third-order valence-corrected chi connectivity index (χ3v) is 6.03. The van der Waals surface area contributed by atoms with E-state index in [0.29, 0.717) is 98.2 Å². The number of carbonyl (C=O) groups is 3. The Labute approximate surface area is 257 Å². The molecule has 0 rings (SSSR count). The number of rotatable bonds is 31. The summed E-state index contributed by atoms with van der Waals surface area (Å²) in [4.78, 5) is 36.7. The topological polar surface area (TPSA) is 143 Å². The fraction of sp³-hybridized carbons (Fsp3) is 0.710. The molecule has 0 saturated carbocycles. The van der Waals surface area contributed by atoms with Crippen molar-refractivity contribution >= 4 is 18.2 Å². The second-order valence-electron chi connectivity index (χ2n) is 9.31. The minimum absolute atomic E-state index is 0.173. The molecule has 0 aliphatic rings. The number of terminal acetylenes is 3. The molecule has 0 radical (unpaired) electrons. The second kappa shape index (κ2) is 30.3. The Morgan fingerprint density at radius 2 is 1.00 bits per heavy atom. The molecule has 0 fully saturated rings. The molecule has 0 aromatic rings. The molecule has 0 unspecified atom stereocenters. The number of unbranched alkanes of at least 4 members (excludes halogenated alkanes) is 1. The smallest absolute Gasteiger partial charge is 0.220 e. The Balaban J connectivity index is 4.70. The summed E-state index contributed by atoms with van der Waals surface area (Å²) in [6, 6.07) is 0. The third-order valence-electron chi connectivity index (χ3n) is 6.03. The molecule has 3 N–H and O–H groups in total. The molecule has 12 heteroatoms. The van der Waals surface area contributed by atoms with Gasteiger partial charge in [-0.2, -0.15) is 0 Å². The lowest BCUT2D eigenvalue weighted by Crippen LogP contribution is -2.46. The number of amides is 3. The van der Waals surface area contributed by atoms with Crippen LogP contribution in [0.1, 0.15) is 44.9 Å². The molecule has 0 aromatic heterocycles. The summed E-state index contributed by atoms with van der Waals surface area (Å²) in [5.41, 5.74) is -0.734. The summed E-state index contributed by atoms with van der Waals surface area (Å²) in [7, 11) is 0. The predicted octanol–water partition coefficient (Wildman–Crippen LogP) is 0.434. The van der Waals surface area contributed by atoms with Gasteiger partial charge in [0.05, 0.1) is 52.9 Å². The Hall–Kier alpha value is -3.15. The van der Waals surface area contributed by atoms with Crippen LogP contribution < -0.4 is 16.0 Å². The summed E-state index contributed by atoms with van der Waals surface area (Å²) < 4.78 is 31.8. The van der Waals surface area contributed by atoms with Crippen molar-refractivity contribution in [2.45, 2.75) is 50.5 Å². The van der Waals surface area contributed by atoms with Crippen molar-refractivity contribution in [1.82, 2.24) is 16.0 Å². The first-order valence-corrected chi connectivity index (χ1v) is 14.5. The van der Waals surface area contributed by atoms with E-state index in [1.165, 1.54) is 0 Å². The molecular formula is C31H49N3O9. The van der Waals surface area contributed by atoms with Crippen LogP contribution >= 0.6 is 0 Å². The van der Waals surface area contributed by atoms with Crippen LogP contribution in [0.15, 0.2) is 0 Å². The standard InChI is InChI=1S/C31H49N3O9/c1-4-16-38-22-25-41-19-8-7-11-31(34-28-35,12-9-29(36)32-14-20-42-26-23-39-17-5-2)13-10-30(37)33-15-21-43-27-24-40-18-6-3/h1-3,28H,7-27H2,(H,32,36)(H,33,37)(H,34,35). The minimum Gasteiger partial charge on any atom is -0.379 e. The highest BCUT2D eigenvalue weighted by Crippen LogP contribution is 2.26. The van der Waals surface area contributed by atoms with E-state index >= 15 is 0 Å². The zero-order valence-corrected chi connectivity index (χ0v) is 25.3. The van der Waals surface area contributed by atoms with E-state index in [9.17, 15) is 14.4 Å². The van der Waals surface area contributed by atoms with Crippen LogP contribution in [-0.2, 0) is 42.8 Å². The van der Waals surface area contributed by atoms with Gasteiger partial charge >= 0.3 is 0 Å². The first-order chi connectivity index (χ1) is 21.0. The minimum atomic E-state index is -0.734. The lowest BCUT2D eigenvalue weighted by Gasteiger charge is -2.33. The van der Waals surface area contributed by atoms with Crippen LogP contribution in [0.5, 0.6) is 0 Å². The lowest BCUT2D eigenvalue weighted by molar-refractivity contribution is -0.123. The Kier molecular flexibility index (Phi) is 28.1. The number of hydrogen-bond acceptors (Lipinski definition) is 9. The van der Waals surface area contributed by atoms with Gasteiger partial charge in [0, 0.05) is 38.1 Å².